The largest absolute Gasteiger partial charge is 0.492 e. The van der Waals surface area contributed by atoms with Crippen molar-refractivity contribution in [2.45, 2.75) is 58.4 Å². The number of hydrogen-bond acceptors (Lipinski definition) is 3. The van der Waals surface area contributed by atoms with Crippen molar-refractivity contribution in [1.82, 2.24) is 5.32 Å². The fraction of sp³-hybridized carbons (Fsp3) is 0.556. The molecule has 0 saturated heterocycles. The molecule has 1 aromatic carbocycles. The predicted octanol–water partition coefficient (Wildman–Crippen LogP) is 2.93. The molecule has 0 saturated carbocycles. The van der Waals surface area contributed by atoms with E-state index in [1.54, 1.807) is 0 Å². The van der Waals surface area contributed by atoms with E-state index in [4.69, 9.17) is 9.84 Å². The maximum Gasteiger partial charge on any atom is 0.305 e. The predicted molar refractivity (Wildman–Crippen MR) is 87.9 cm³/mol. The monoisotopic (exact) mass is 319 g/mol. The average molecular weight is 319 g/mol. The molecule has 1 atom stereocenters. The Morgan fingerprint density at radius 1 is 1.26 bits per heavy atom. The summed E-state index contributed by atoms with van der Waals surface area (Å²) in [6, 6.07) is 3.96. The molecule has 1 aliphatic rings. The lowest BCUT2D eigenvalue weighted by molar-refractivity contribution is -0.139. The lowest BCUT2D eigenvalue weighted by Crippen LogP contribution is -2.50. The molecule has 0 fully saturated rings. The first-order valence-corrected chi connectivity index (χ1v) is 8.09. The van der Waals surface area contributed by atoms with E-state index < -0.39 is 11.5 Å². The Morgan fingerprint density at radius 3 is 2.43 bits per heavy atom. The lowest BCUT2D eigenvalue weighted by atomic mass is 9.87. The highest BCUT2D eigenvalue weighted by Crippen LogP contribution is 2.36. The van der Waals surface area contributed by atoms with Crippen LogP contribution < -0.4 is 10.1 Å². The Morgan fingerprint density at radius 2 is 1.87 bits per heavy atom. The van der Waals surface area contributed by atoms with Gasteiger partial charge in [0.05, 0.1) is 6.42 Å². The van der Waals surface area contributed by atoms with E-state index in [0.717, 1.165) is 22.4 Å². The fourth-order valence-corrected chi connectivity index (χ4v) is 3.05. The molecule has 23 heavy (non-hydrogen) atoms. The standard InChI is InChI=1S/C18H25NO4/c1-5-18(6-2,9-16(20)21)19-17(22)14-10-23-15-8-12(4)11(3)7-13(14)15/h7-8,14H,5-6,9-10H2,1-4H3,(H,19,22)(H,20,21). The first kappa shape index (κ1) is 17.3. The van der Waals surface area contributed by atoms with Gasteiger partial charge >= 0.3 is 5.97 Å². The minimum atomic E-state index is -0.899. The van der Waals surface area contributed by atoms with Gasteiger partial charge in [-0.3, -0.25) is 9.59 Å². The van der Waals surface area contributed by atoms with Crippen LogP contribution in [0, 0.1) is 13.8 Å². The Hall–Kier alpha value is -2.04. The minimum absolute atomic E-state index is 0.0703. The number of nitrogens with one attached hydrogen (secondary N) is 1. The van der Waals surface area contributed by atoms with Crippen LogP contribution in [0.15, 0.2) is 12.1 Å². The van der Waals surface area contributed by atoms with Gasteiger partial charge in [-0.15, -0.1) is 0 Å². The topological polar surface area (TPSA) is 75.6 Å². The summed E-state index contributed by atoms with van der Waals surface area (Å²) in [5.41, 5.74) is 2.44. The third-order valence-corrected chi connectivity index (χ3v) is 4.96. The zero-order valence-corrected chi connectivity index (χ0v) is 14.2. The number of aryl methyl sites for hydroxylation is 2. The number of fused-ring (bicyclic) bond motifs is 1. The third-order valence-electron chi connectivity index (χ3n) is 4.96. The molecule has 1 aliphatic heterocycles. The molecule has 5 heteroatoms. The van der Waals surface area contributed by atoms with Crippen molar-refractivity contribution in [3.8, 4) is 5.75 Å². The molecule has 0 aliphatic carbocycles. The van der Waals surface area contributed by atoms with Crippen LogP contribution in [0.3, 0.4) is 0 Å². The molecular weight excluding hydrogens is 294 g/mol. The molecule has 0 bridgehead atoms. The summed E-state index contributed by atoms with van der Waals surface area (Å²) in [7, 11) is 0. The van der Waals surface area contributed by atoms with E-state index in [1.165, 1.54) is 0 Å². The van der Waals surface area contributed by atoms with Gasteiger partial charge in [0.15, 0.2) is 0 Å². The Kier molecular flexibility index (Phi) is 4.97. The zero-order valence-electron chi connectivity index (χ0n) is 14.2. The number of carboxylic acids is 1. The first-order chi connectivity index (χ1) is 10.8. The van der Waals surface area contributed by atoms with Gasteiger partial charge < -0.3 is 15.2 Å². The van der Waals surface area contributed by atoms with Crippen molar-refractivity contribution in [1.29, 1.82) is 0 Å². The number of carbonyl (C=O) groups excluding carboxylic acids is 1. The number of amides is 1. The molecule has 5 nitrogen and oxygen atoms in total. The summed E-state index contributed by atoms with van der Waals surface area (Å²) in [4.78, 5) is 23.9. The zero-order chi connectivity index (χ0) is 17.2. The maximum absolute atomic E-state index is 12.7. The van der Waals surface area contributed by atoms with Gasteiger partial charge in [0.2, 0.25) is 5.91 Å². The van der Waals surface area contributed by atoms with Crippen LogP contribution in [0.4, 0.5) is 0 Å². The maximum atomic E-state index is 12.7. The SMILES string of the molecule is CCC(CC)(CC(=O)O)NC(=O)C1COc2cc(C)c(C)cc21. The molecule has 0 aromatic heterocycles. The van der Waals surface area contributed by atoms with E-state index in [9.17, 15) is 9.59 Å². The van der Waals surface area contributed by atoms with Gasteiger partial charge in [-0.2, -0.15) is 0 Å². The molecule has 0 radical (unpaired) electrons. The number of ether oxygens (including phenoxy) is 1. The Labute approximate surface area is 137 Å². The van der Waals surface area contributed by atoms with Crippen molar-refractivity contribution in [3.63, 3.8) is 0 Å². The number of rotatable bonds is 6. The van der Waals surface area contributed by atoms with Crippen molar-refractivity contribution < 1.29 is 19.4 Å². The lowest BCUT2D eigenvalue weighted by Gasteiger charge is -2.32. The van der Waals surface area contributed by atoms with Gasteiger partial charge in [0, 0.05) is 11.1 Å². The van der Waals surface area contributed by atoms with Gasteiger partial charge in [0.1, 0.15) is 18.3 Å². The van der Waals surface area contributed by atoms with Crippen LogP contribution >= 0.6 is 0 Å². The number of benzene rings is 1. The summed E-state index contributed by atoms with van der Waals surface area (Å²) >= 11 is 0. The fourth-order valence-electron chi connectivity index (χ4n) is 3.05. The van der Waals surface area contributed by atoms with Crippen LogP contribution in [-0.2, 0) is 9.59 Å². The van der Waals surface area contributed by atoms with Crippen LogP contribution in [0.1, 0.15) is 55.7 Å². The highest BCUT2D eigenvalue weighted by molar-refractivity contribution is 5.87. The third kappa shape index (κ3) is 3.49. The van der Waals surface area contributed by atoms with Crippen molar-refractivity contribution >= 4 is 11.9 Å². The highest BCUT2D eigenvalue weighted by atomic mass is 16.5. The van der Waals surface area contributed by atoms with Gasteiger partial charge in [-0.05, 0) is 43.9 Å². The molecule has 1 aromatic rings. The van der Waals surface area contributed by atoms with Gasteiger partial charge in [-0.25, -0.2) is 0 Å². The number of aliphatic carboxylic acids is 1. The Bertz CT molecular complexity index is 620. The van der Waals surface area contributed by atoms with Crippen LogP contribution in [-0.4, -0.2) is 29.1 Å². The number of carboxylic acid groups (broad SMARTS) is 1. The van der Waals surface area contributed by atoms with Crippen molar-refractivity contribution in [2.75, 3.05) is 6.61 Å². The second-order valence-electron chi connectivity index (χ2n) is 6.39. The molecule has 2 rings (SSSR count). The highest BCUT2D eigenvalue weighted by Gasteiger charge is 2.37. The van der Waals surface area contributed by atoms with E-state index in [2.05, 4.69) is 5.32 Å². The average Bonchev–Trinajstić information content (AvgIpc) is 2.89. The first-order valence-electron chi connectivity index (χ1n) is 8.09. The molecular formula is C18H25NO4. The molecule has 1 heterocycles. The molecule has 126 valence electrons. The van der Waals surface area contributed by atoms with E-state index in [-0.39, 0.29) is 18.2 Å². The minimum Gasteiger partial charge on any atom is -0.492 e. The summed E-state index contributed by atoms with van der Waals surface area (Å²) in [6.45, 7) is 8.13. The van der Waals surface area contributed by atoms with E-state index >= 15 is 0 Å². The smallest absolute Gasteiger partial charge is 0.305 e. The van der Waals surface area contributed by atoms with Gasteiger partial charge in [-0.1, -0.05) is 19.9 Å². The van der Waals surface area contributed by atoms with Crippen molar-refractivity contribution in [2.24, 2.45) is 0 Å². The molecule has 0 spiro atoms. The second-order valence-corrected chi connectivity index (χ2v) is 6.39. The summed E-state index contributed by atoms with van der Waals surface area (Å²) in [6.07, 6.45) is 1.09. The molecule has 2 N–H and O–H groups in total. The molecule has 1 amide bonds. The normalized spacial score (nSPS) is 16.6. The summed E-state index contributed by atoms with van der Waals surface area (Å²) in [5, 5.41) is 12.1. The number of hydrogen-bond donors (Lipinski definition) is 2. The van der Waals surface area contributed by atoms with Crippen LogP contribution in [0.2, 0.25) is 0 Å². The number of carbonyl (C=O) groups is 2. The Balaban J connectivity index is 2.23. The summed E-state index contributed by atoms with van der Waals surface area (Å²) in [5.74, 6) is -0.679. The summed E-state index contributed by atoms with van der Waals surface area (Å²) < 4.78 is 5.65. The van der Waals surface area contributed by atoms with Gasteiger partial charge in [0.25, 0.3) is 0 Å². The second kappa shape index (κ2) is 6.60. The quantitative estimate of drug-likeness (QED) is 0.845. The van der Waals surface area contributed by atoms with Crippen LogP contribution in [0.5, 0.6) is 5.75 Å². The molecule has 1 unspecified atom stereocenters. The van der Waals surface area contributed by atoms with E-state index in [0.29, 0.717) is 19.4 Å². The van der Waals surface area contributed by atoms with Crippen LogP contribution in [0.25, 0.3) is 0 Å². The van der Waals surface area contributed by atoms with E-state index in [1.807, 2.05) is 39.8 Å². The van der Waals surface area contributed by atoms with Crippen molar-refractivity contribution in [3.05, 3.63) is 28.8 Å².